The molecule has 0 fully saturated rings. The fourth-order valence-corrected chi connectivity index (χ4v) is 2.63. The molecule has 0 aliphatic carbocycles. The van der Waals surface area contributed by atoms with Crippen LogP contribution in [0.25, 0.3) is 0 Å². The largest absolute Gasteiger partial charge is 0.370 e. The first-order chi connectivity index (χ1) is 9.99. The first kappa shape index (κ1) is 15.4. The molecule has 0 aliphatic heterocycles. The Bertz CT molecular complexity index is 660. The zero-order chi connectivity index (χ0) is 15.4. The highest BCUT2D eigenvalue weighted by molar-refractivity contribution is 7.98. The maximum atomic E-state index is 13.5. The first-order valence-corrected chi connectivity index (χ1v) is 7.20. The van der Waals surface area contributed by atoms with Crippen molar-refractivity contribution in [3.8, 4) is 0 Å². The van der Waals surface area contributed by atoms with Crippen LogP contribution in [0.1, 0.15) is 17.8 Å². The Kier molecular flexibility index (Phi) is 4.89. The Morgan fingerprint density at radius 2 is 2.14 bits per heavy atom. The molecule has 1 aromatic heterocycles. The number of primary amides is 1. The van der Waals surface area contributed by atoms with Gasteiger partial charge in [0.15, 0.2) is 16.8 Å². The number of hydrogen-bond donors (Lipinski definition) is 1. The number of nitrogens with zero attached hydrogens (tertiary/aromatic N) is 3. The summed E-state index contributed by atoms with van der Waals surface area (Å²) in [6.45, 7) is 0. The molecular formula is C13H14F2N4OS. The maximum Gasteiger partial charge on any atom is 0.217 e. The molecule has 2 aromatic rings. The molecule has 0 atom stereocenters. The number of hydrogen-bond acceptors (Lipinski definition) is 4. The standard InChI is InChI=1S/C13H14F2N4OS/c1-19-11(6-5-10(16)20)17-18-13(19)21-7-8-3-2-4-9(14)12(8)15/h2-4H,5-7H2,1H3,(H2,16,20). The predicted octanol–water partition coefficient (Wildman–Crippen LogP) is 1.80. The van der Waals surface area contributed by atoms with E-state index in [0.29, 0.717) is 17.4 Å². The van der Waals surface area contributed by atoms with E-state index >= 15 is 0 Å². The summed E-state index contributed by atoms with van der Waals surface area (Å²) >= 11 is 1.24. The van der Waals surface area contributed by atoms with Crippen LogP contribution >= 0.6 is 11.8 Å². The van der Waals surface area contributed by atoms with Crippen molar-refractivity contribution in [2.75, 3.05) is 0 Å². The van der Waals surface area contributed by atoms with E-state index in [9.17, 15) is 13.6 Å². The van der Waals surface area contributed by atoms with Crippen LogP contribution in [0, 0.1) is 11.6 Å². The molecule has 0 radical (unpaired) electrons. The molecule has 0 saturated carbocycles. The third-order valence-corrected chi connectivity index (χ3v) is 3.98. The van der Waals surface area contributed by atoms with Gasteiger partial charge < -0.3 is 10.3 Å². The Labute approximate surface area is 124 Å². The van der Waals surface area contributed by atoms with Crippen molar-refractivity contribution < 1.29 is 13.6 Å². The molecule has 5 nitrogen and oxygen atoms in total. The number of carbonyl (C=O) groups excluding carboxylic acids is 1. The molecule has 1 heterocycles. The van der Waals surface area contributed by atoms with Crippen LogP contribution in [0.3, 0.4) is 0 Å². The second-order valence-electron chi connectivity index (χ2n) is 4.43. The van der Waals surface area contributed by atoms with E-state index in [1.165, 1.54) is 23.9 Å². The summed E-state index contributed by atoms with van der Waals surface area (Å²) in [4.78, 5) is 10.8. The van der Waals surface area contributed by atoms with Gasteiger partial charge in [0.25, 0.3) is 0 Å². The topological polar surface area (TPSA) is 73.8 Å². The number of benzene rings is 1. The molecule has 1 aromatic carbocycles. The first-order valence-electron chi connectivity index (χ1n) is 6.21. The van der Waals surface area contributed by atoms with Gasteiger partial charge in [0.2, 0.25) is 5.91 Å². The molecule has 2 N–H and O–H groups in total. The summed E-state index contributed by atoms with van der Waals surface area (Å²) in [6, 6.07) is 4.06. The Balaban J connectivity index is 2.04. The number of aryl methyl sites for hydroxylation is 1. The van der Waals surface area contributed by atoms with Crippen molar-refractivity contribution in [2.24, 2.45) is 12.8 Å². The number of halogens is 2. The SMILES string of the molecule is Cn1c(CCC(N)=O)nnc1SCc1cccc(F)c1F. The average molecular weight is 312 g/mol. The quantitative estimate of drug-likeness (QED) is 0.826. The summed E-state index contributed by atoms with van der Waals surface area (Å²) in [5.41, 5.74) is 5.35. The summed E-state index contributed by atoms with van der Waals surface area (Å²) in [5, 5.41) is 8.49. The van der Waals surface area contributed by atoms with Crippen molar-refractivity contribution in [3.63, 3.8) is 0 Å². The average Bonchev–Trinajstić information content (AvgIpc) is 2.79. The number of aromatic nitrogens is 3. The van der Waals surface area contributed by atoms with Gasteiger partial charge in [0, 0.05) is 31.2 Å². The number of nitrogens with two attached hydrogens (primary N) is 1. The van der Waals surface area contributed by atoms with Gasteiger partial charge in [-0.1, -0.05) is 23.9 Å². The lowest BCUT2D eigenvalue weighted by Gasteiger charge is -2.04. The highest BCUT2D eigenvalue weighted by Crippen LogP contribution is 2.23. The fraction of sp³-hybridized carbons (Fsp3) is 0.308. The van der Waals surface area contributed by atoms with Crippen LogP contribution in [-0.4, -0.2) is 20.7 Å². The molecular weight excluding hydrogens is 298 g/mol. The van der Waals surface area contributed by atoms with Gasteiger partial charge in [-0.2, -0.15) is 0 Å². The zero-order valence-corrected chi connectivity index (χ0v) is 12.2. The smallest absolute Gasteiger partial charge is 0.217 e. The van der Waals surface area contributed by atoms with Crippen LogP contribution in [0.4, 0.5) is 8.78 Å². The number of amides is 1. The Hall–Kier alpha value is -1.96. The van der Waals surface area contributed by atoms with E-state index in [1.807, 2.05) is 0 Å². The Morgan fingerprint density at radius 3 is 2.86 bits per heavy atom. The number of thioether (sulfide) groups is 1. The van der Waals surface area contributed by atoms with E-state index in [2.05, 4.69) is 10.2 Å². The molecule has 0 bridgehead atoms. The predicted molar refractivity (Wildman–Crippen MR) is 74.4 cm³/mol. The minimum Gasteiger partial charge on any atom is -0.370 e. The molecule has 0 spiro atoms. The van der Waals surface area contributed by atoms with Crippen LogP contribution in [0.15, 0.2) is 23.4 Å². The highest BCUT2D eigenvalue weighted by atomic mass is 32.2. The maximum absolute atomic E-state index is 13.5. The van der Waals surface area contributed by atoms with E-state index in [0.717, 1.165) is 6.07 Å². The third kappa shape index (κ3) is 3.78. The lowest BCUT2D eigenvalue weighted by atomic mass is 10.2. The summed E-state index contributed by atoms with van der Waals surface area (Å²) in [7, 11) is 1.75. The zero-order valence-electron chi connectivity index (χ0n) is 11.3. The highest BCUT2D eigenvalue weighted by Gasteiger charge is 2.12. The molecule has 8 heteroatoms. The Morgan fingerprint density at radius 1 is 1.38 bits per heavy atom. The van der Waals surface area contributed by atoms with E-state index in [4.69, 9.17) is 5.73 Å². The van der Waals surface area contributed by atoms with E-state index in [-0.39, 0.29) is 17.7 Å². The lowest BCUT2D eigenvalue weighted by Crippen LogP contribution is -2.12. The molecule has 1 amide bonds. The van der Waals surface area contributed by atoms with Crippen molar-refractivity contribution in [1.29, 1.82) is 0 Å². The summed E-state index contributed by atoms with van der Waals surface area (Å²) in [6.07, 6.45) is 0.586. The molecule has 2 rings (SSSR count). The van der Waals surface area contributed by atoms with Crippen LogP contribution in [-0.2, 0) is 24.0 Å². The monoisotopic (exact) mass is 312 g/mol. The summed E-state index contributed by atoms with van der Waals surface area (Å²) < 4.78 is 28.4. The van der Waals surface area contributed by atoms with Crippen LogP contribution in [0.5, 0.6) is 0 Å². The van der Waals surface area contributed by atoms with Crippen molar-refractivity contribution in [1.82, 2.24) is 14.8 Å². The number of carbonyl (C=O) groups is 1. The van der Waals surface area contributed by atoms with E-state index < -0.39 is 17.5 Å². The molecule has 0 saturated heterocycles. The van der Waals surface area contributed by atoms with Gasteiger partial charge in [-0.05, 0) is 6.07 Å². The fourth-order valence-electron chi connectivity index (χ4n) is 1.73. The molecule has 0 unspecified atom stereocenters. The third-order valence-electron chi connectivity index (χ3n) is 2.91. The second-order valence-corrected chi connectivity index (χ2v) is 5.37. The normalized spacial score (nSPS) is 10.8. The summed E-state index contributed by atoms with van der Waals surface area (Å²) in [5.74, 6) is -1.26. The van der Waals surface area contributed by atoms with Gasteiger partial charge >= 0.3 is 0 Å². The van der Waals surface area contributed by atoms with Gasteiger partial charge in [0.05, 0.1) is 0 Å². The second kappa shape index (κ2) is 6.66. The minimum atomic E-state index is -0.867. The van der Waals surface area contributed by atoms with Gasteiger partial charge in [-0.3, -0.25) is 4.79 Å². The van der Waals surface area contributed by atoms with Gasteiger partial charge in [-0.25, -0.2) is 8.78 Å². The van der Waals surface area contributed by atoms with Gasteiger partial charge in [-0.15, -0.1) is 10.2 Å². The molecule has 21 heavy (non-hydrogen) atoms. The van der Waals surface area contributed by atoms with Crippen molar-refractivity contribution in [3.05, 3.63) is 41.2 Å². The number of rotatable bonds is 6. The van der Waals surface area contributed by atoms with E-state index in [1.54, 1.807) is 11.6 Å². The van der Waals surface area contributed by atoms with Crippen LogP contribution in [0.2, 0.25) is 0 Å². The van der Waals surface area contributed by atoms with Gasteiger partial charge in [0.1, 0.15) is 5.82 Å². The van der Waals surface area contributed by atoms with Crippen LogP contribution < -0.4 is 5.73 Å². The van der Waals surface area contributed by atoms with Crippen molar-refractivity contribution >= 4 is 17.7 Å². The van der Waals surface area contributed by atoms with Crippen molar-refractivity contribution in [2.45, 2.75) is 23.8 Å². The molecule has 112 valence electrons. The molecule has 0 aliphatic rings. The lowest BCUT2D eigenvalue weighted by molar-refractivity contribution is -0.118. The minimum absolute atomic E-state index is 0.190.